The molecule has 0 rings (SSSR count). The van der Waals surface area contributed by atoms with E-state index in [4.69, 9.17) is 0 Å². The third-order valence-electron chi connectivity index (χ3n) is 2.49. The summed E-state index contributed by atoms with van der Waals surface area (Å²) < 4.78 is 0.416. The zero-order chi connectivity index (χ0) is 7.71. The Morgan fingerprint density at radius 2 is 1.44 bits per heavy atom. The molecule has 0 spiro atoms. The molecule has 0 aromatic heterocycles. The SMILES string of the molecule is CCC(C)(C)C(C)(C)I. The third-order valence-corrected chi connectivity index (χ3v) is 3.95. The van der Waals surface area contributed by atoms with Gasteiger partial charge < -0.3 is 0 Å². The van der Waals surface area contributed by atoms with Crippen LogP contribution in [0.3, 0.4) is 0 Å². The molecule has 0 unspecified atom stereocenters. The van der Waals surface area contributed by atoms with Gasteiger partial charge in [-0.05, 0) is 11.8 Å². The van der Waals surface area contributed by atoms with Crippen LogP contribution in [-0.2, 0) is 0 Å². The van der Waals surface area contributed by atoms with Crippen molar-refractivity contribution in [3.8, 4) is 0 Å². The van der Waals surface area contributed by atoms with Crippen LogP contribution in [0.1, 0.15) is 41.0 Å². The van der Waals surface area contributed by atoms with Crippen molar-refractivity contribution in [1.82, 2.24) is 0 Å². The van der Waals surface area contributed by atoms with Crippen molar-refractivity contribution in [2.45, 2.75) is 44.5 Å². The van der Waals surface area contributed by atoms with E-state index < -0.39 is 0 Å². The van der Waals surface area contributed by atoms with Crippen molar-refractivity contribution >= 4 is 22.6 Å². The Balaban J connectivity index is 4.14. The Labute approximate surface area is 72.6 Å². The Hall–Kier alpha value is 0.730. The largest absolute Gasteiger partial charge is 0.0789 e. The van der Waals surface area contributed by atoms with Gasteiger partial charge in [-0.2, -0.15) is 0 Å². The van der Waals surface area contributed by atoms with E-state index in [1.807, 2.05) is 0 Å². The fourth-order valence-corrected chi connectivity index (χ4v) is 0.802. The van der Waals surface area contributed by atoms with Gasteiger partial charge in [-0.1, -0.05) is 57.2 Å². The highest BCUT2D eigenvalue weighted by molar-refractivity contribution is 14.1. The van der Waals surface area contributed by atoms with Gasteiger partial charge in [0.1, 0.15) is 0 Å². The minimum absolute atomic E-state index is 0.416. The van der Waals surface area contributed by atoms with Crippen LogP contribution in [0, 0.1) is 5.41 Å². The molecule has 0 aliphatic heterocycles. The van der Waals surface area contributed by atoms with Crippen LogP contribution < -0.4 is 0 Å². The lowest BCUT2D eigenvalue weighted by atomic mass is 9.79. The first-order valence-corrected chi connectivity index (χ1v) is 4.58. The van der Waals surface area contributed by atoms with E-state index in [-0.39, 0.29) is 0 Å². The molecule has 1 heteroatoms. The molecule has 0 aromatic carbocycles. The van der Waals surface area contributed by atoms with Gasteiger partial charge >= 0.3 is 0 Å². The fourth-order valence-electron chi connectivity index (χ4n) is 0.420. The van der Waals surface area contributed by atoms with Crippen LogP contribution in [0.25, 0.3) is 0 Å². The summed E-state index contributed by atoms with van der Waals surface area (Å²) in [6.45, 7) is 11.5. The first-order valence-electron chi connectivity index (χ1n) is 3.50. The number of alkyl halides is 1. The summed E-state index contributed by atoms with van der Waals surface area (Å²) >= 11 is 2.52. The summed E-state index contributed by atoms with van der Waals surface area (Å²) in [5, 5.41) is 0. The van der Waals surface area contributed by atoms with Crippen molar-refractivity contribution in [2.75, 3.05) is 0 Å². The highest BCUT2D eigenvalue weighted by Crippen LogP contribution is 2.40. The number of rotatable bonds is 2. The van der Waals surface area contributed by atoms with Crippen molar-refractivity contribution in [3.05, 3.63) is 0 Å². The van der Waals surface area contributed by atoms with E-state index in [1.165, 1.54) is 6.42 Å². The molecular weight excluding hydrogens is 223 g/mol. The second kappa shape index (κ2) is 2.77. The number of hydrogen-bond acceptors (Lipinski definition) is 0. The van der Waals surface area contributed by atoms with Crippen molar-refractivity contribution in [2.24, 2.45) is 5.41 Å². The molecule has 0 radical (unpaired) electrons. The van der Waals surface area contributed by atoms with Crippen LogP contribution in [0.4, 0.5) is 0 Å². The molecule has 0 aromatic rings. The van der Waals surface area contributed by atoms with E-state index in [0.717, 1.165) is 0 Å². The van der Waals surface area contributed by atoms with Crippen LogP contribution in [0.2, 0.25) is 0 Å². The summed E-state index contributed by atoms with van der Waals surface area (Å²) in [6.07, 6.45) is 1.25. The minimum Gasteiger partial charge on any atom is -0.0789 e. The summed E-state index contributed by atoms with van der Waals surface area (Å²) in [7, 11) is 0. The average Bonchev–Trinajstić information content (AvgIpc) is 1.64. The van der Waals surface area contributed by atoms with Gasteiger partial charge in [0.05, 0.1) is 0 Å². The summed E-state index contributed by atoms with van der Waals surface area (Å²) in [5.74, 6) is 0. The topological polar surface area (TPSA) is 0 Å². The fraction of sp³-hybridized carbons (Fsp3) is 1.00. The smallest absolute Gasteiger partial charge is 0.0216 e. The number of hydrogen-bond donors (Lipinski definition) is 0. The Morgan fingerprint density at radius 3 is 1.44 bits per heavy atom. The minimum atomic E-state index is 0.416. The lowest BCUT2D eigenvalue weighted by molar-refractivity contribution is 0.287. The highest BCUT2D eigenvalue weighted by Gasteiger charge is 2.32. The van der Waals surface area contributed by atoms with Gasteiger partial charge in [0.15, 0.2) is 0 Å². The van der Waals surface area contributed by atoms with Gasteiger partial charge in [0.25, 0.3) is 0 Å². The molecule has 0 N–H and O–H groups in total. The molecule has 56 valence electrons. The van der Waals surface area contributed by atoms with E-state index in [9.17, 15) is 0 Å². The first kappa shape index (κ1) is 9.73. The molecular formula is C8H17I. The van der Waals surface area contributed by atoms with E-state index in [0.29, 0.717) is 8.84 Å². The second-order valence-electron chi connectivity index (χ2n) is 3.71. The molecule has 0 aliphatic rings. The maximum absolute atomic E-state index is 2.52. The van der Waals surface area contributed by atoms with E-state index >= 15 is 0 Å². The monoisotopic (exact) mass is 240 g/mol. The zero-order valence-electron chi connectivity index (χ0n) is 7.09. The molecule has 0 bridgehead atoms. The Bertz CT molecular complexity index is 87.2. The number of halogens is 1. The molecule has 0 fully saturated rings. The summed E-state index contributed by atoms with van der Waals surface area (Å²) in [6, 6.07) is 0. The zero-order valence-corrected chi connectivity index (χ0v) is 9.24. The highest BCUT2D eigenvalue weighted by atomic mass is 127. The van der Waals surface area contributed by atoms with Crippen molar-refractivity contribution < 1.29 is 0 Å². The maximum atomic E-state index is 2.52. The Morgan fingerprint density at radius 1 is 1.11 bits per heavy atom. The van der Waals surface area contributed by atoms with Crippen LogP contribution in [0.15, 0.2) is 0 Å². The molecule has 0 atom stereocenters. The quantitative estimate of drug-likeness (QED) is 0.510. The molecule has 0 nitrogen and oxygen atoms in total. The predicted molar refractivity (Wildman–Crippen MR) is 52.2 cm³/mol. The second-order valence-corrected chi connectivity index (χ2v) is 6.41. The van der Waals surface area contributed by atoms with Gasteiger partial charge in [-0.15, -0.1) is 0 Å². The first-order chi connectivity index (χ1) is 3.81. The van der Waals surface area contributed by atoms with Crippen molar-refractivity contribution in [1.29, 1.82) is 0 Å². The van der Waals surface area contributed by atoms with Crippen molar-refractivity contribution in [3.63, 3.8) is 0 Å². The molecule has 0 saturated carbocycles. The van der Waals surface area contributed by atoms with Gasteiger partial charge in [-0.25, -0.2) is 0 Å². The normalized spacial score (nSPS) is 14.0. The molecule has 0 heterocycles. The summed E-state index contributed by atoms with van der Waals surface area (Å²) in [5.41, 5.74) is 0.466. The lowest BCUT2D eigenvalue weighted by Crippen LogP contribution is -2.31. The van der Waals surface area contributed by atoms with Crippen LogP contribution >= 0.6 is 22.6 Å². The van der Waals surface area contributed by atoms with E-state index in [1.54, 1.807) is 0 Å². The van der Waals surface area contributed by atoms with Crippen LogP contribution in [-0.4, -0.2) is 3.42 Å². The lowest BCUT2D eigenvalue weighted by Gasteiger charge is -2.36. The maximum Gasteiger partial charge on any atom is 0.0216 e. The third kappa shape index (κ3) is 2.44. The summed E-state index contributed by atoms with van der Waals surface area (Å²) in [4.78, 5) is 0. The van der Waals surface area contributed by atoms with Gasteiger partial charge in [-0.3, -0.25) is 0 Å². The molecule has 0 saturated heterocycles. The standard InChI is InChI=1S/C8H17I/c1-6-7(2,3)8(4,5)9/h6H2,1-5H3. The van der Waals surface area contributed by atoms with Crippen LogP contribution in [0.5, 0.6) is 0 Å². The van der Waals surface area contributed by atoms with Gasteiger partial charge in [0, 0.05) is 3.42 Å². The Kier molecular flexibility index (Phi) is 2.99. The average molecular weight is 240 g/mol. The molecule has 0 aliphatic carbocycles. The molecule has 0 amide bonds. The molecule has 9 heavy (non-hydrogen) atoms. The van der Waals surface area contributed by atoms with E-state index in [2.05, 4.69) is 57.2 Å². The van der Waals surface area contributed by atoms with Gasteiger partial charge in [0.2, 0.25) is 0 Å². The predicted octanol–water partition coefficient (Wildman–Crippen LogP) is 3.64.